The Bertz CT molecular complexity index is 411. The van der Waals surface area contributed by atoms with E-state index in [0.29, 0.717) is 19.4 Å². The van der Waals surface area contributed by atoms with Crippen molar-refractivity contribution in [2.75, 3.05) is 11.4 Å². The maximum atomic E-state index is 12.2. The molecule has 0 saturated carbocycles. The van der Waals surface area contributed by atoms with E-state index in [4.69, 9.17) is 11.0 Å². The van der Waals surface area contributed by atoms with E-state index in [-0.39, 0.29) is 5.91 Å². The minimum Gasteiger partial charge on any atom is -0.320 e. The van der Waals surface area contributed by atoms with Crippen LogP contribution in [0.5, 0.6) is 0 Å². The van der Waals surface area contributed by atoms with Gasteiger partial charge in [0.2, 0.25) is 5.91 Å². The van der Waals surface area contributed by atoms with Crippen molar-refractivity contribution in [3.63, 3.8) is 0 Å². The second-order valence-electron chi connectivity index (χ2n) is 4.13. The van der Waals surface area contributed by atoms with Gasteiger partial charge < -0.3 is 10.6 Å². The zero-order chi connectivity index (χ0) is 13.4. The second-order valence-corrected chi connectivity index (χ2v) is 4.13. The molecule has 0 aliphatic heterocycles. The van der Waals surface area contributed by atoms with Crippen molar-refractivity contribution >= 4 is 11.6 Å². The zero-order valence-corrected chi connectivity index (χ0v) is 10.7. The zero-order valence-electron chi connectivity index (χ0n) is 10.7. The van der Waals surface area contributed by atoms with Gasteiger partial charge in [0, 0.05) is 12.2 Å². The summed E-state index contributed by atoms with van der Waals surface area (Å²) in [7, 11) is 0. The molecular weight excluding hydrogens is 226 g/mol. The van der Waals surface area contributed by atoms with Crippen LogP contribution in [-0.2, 0) is 4.79 Å². The first-order valence-corrected chi connectivity index (χ1v) is 6.19. The molecule has 0 bridgehead atoms. The van der Waals surface area contributed by atoms with Crippen LogP contribution in [-0.4, -0.2) is 18.5 Å². The van der Waals surface area contributed by atoms with Crippen LogP contribution in [0.1, 0.15) is 26.2 Å². The number of nitrogens with two attached hydrogens (primary N) is 1. The Morgan fingerprint density at radius 3 is 2.67 bits per heavy atom. The lowest BCUT2D eigenvalue weighted by Gasteiger charge is -2.24. The Labute approximate surface area is 108 Å². The van der Waals surface area contributed by atoms with E-state index >= 15 is 0 Å². The fraction of sp³-hybridized carbons (Fsp3) is 0.429. The number of carbonyl (C=O) groups is 1. The molecule has 4 heteroatoms. The van der Waals surface area contributed by atoms with Gasteiger partial charge >= 0.3 is 0 Å². The van der Waals surface area contributed by atoms with Gasteiger partial charge in [-0.2, -0.15) is 5.26 Å². The summed E-state index contributed by atoms with van der Waals surface area (Å²) >= 11 is 0. The summed E-state index contributed by atoms with van der Waals surface area (Å²) in [6, 6.07) is 10.9. The number of nitrogens with zero attached hydrogens (tertiary/aromatic N) is 2. The number of para-hydroxylation sites is 1. The van der Waals surface area contributed by atoms with Crippen LogP contribution in [0, 0.1) is 11.3 Å². The number of nitriles is 1. The van der Waals surface area contributed by atoms with E-state index in [1.165, 1.54) is 0 Å². The van der Waals surface area contributed by atoms with Gasteiger partial charge in [0.15, 0.2) is 0 Å². The maximum absolute atomic E-state index is 12.2. The third-order valence-corrected chi connectivity index (χ3v) is 2.70. The molecule has 0 aliphatic rings. The molecule has 0 aliphatic carbocycles. The fourth-order valence-electron chi connectivity index (χ4n) is 1.77. The molecule has 0 heterocycles. The Balaban J connectivity index is 2.85. The third kappa shape index (κ3) is 3.86. The molecular formula is C14H19N3O. The Morgan fingerprint density at radius 1 is 1.44 bits per heavy atom. The SMILES string of the molecule is CCC[C@@H](N)C(=O)N(CCC#N)c1ccccc1. The summed E-state index contributed by atoms with van der Waals surface area (Å²) in [6.45, 7) is 2.38. The average molecular weight is 245 g/mol. The van der Waals surface area contributed by atoms with Crippen molar-refractivity contribution in [2.24, 2.45) is 5.73 Å². The molecule has 0 radical (unpaired) electrons. The van der Waals surface area contributed by atoms with Crippen LogP contribution in [0.25, 0.3) is 0 Å². The van der Waals surface area contributed by atoms with E-state index in [2.05, 4.69) is 6.07 Å². The largest absolute Gasteiger partial charge is 0.320 e. The fourth-order valence-corrected chi connectivity index (χ4v) is 1.77. The summed E-state index contributed by atoms with van der Waals surface area (Å²) in [5.74, 6) is -0.113. The van der Waals surface area contributed by atoms with E-state index in [0.717, 1.165) is 12.1 Å². The van der Waals surface area contributed by atoms with Gasteiger partial charge in [0.05, 0.1) is 18.5 Å². The smallest absolute Gasteiger partial charge is 0.243 e. The average Bonchev–Trinajstić information content (AvgIpc) is 2.40. The predicted molar refractivity (Wildman–Crippen MR) is 71.9 cm³/mol. The molecule has 2 N–H and O–H groups in total. The molecule has 0 saturated heterocycles. The maximum Gasteiger partial charge on any atom is 0.243 e. The topological polar surface area (TPSA) is 70.1 Å². The normalized spacial score (nSPS) is 11.6. The highest BCUT2D eigenvalue weighted by molar-refractivity contribution is 5.97. The Hall–Kier alpha value is -1.86. The molecule has 18 heavy (non-hydrogen) atoms. The molecule has 0 fully saturated rings. The van der Waals surface area contributed by atoms with Gasteiger partial charge in [-0.3, -0.25) is 4.79 Å². The van der Waals surface area contributed by atoms with E-state index in [1.54, 1.807) is 4.90 Å². The van der Waals surface area contributed by atoms with E-state index < -0.39 is 6.04 Å². The van der Waals surface area contributed by atoms with Crippen LogP contribution in [0.2, 0.25) is 0 Å². The minimum atomic E-state index is -0.492. The molecule has 0 spiro atoms. The van der Waals surface area contributed by atoms with Crippen molar-refractivity contribution in [1.82, 2.24) is 0 Å². The number of hydrogen-bond donors (Lipinski definition) is 1. The first-order valence-electron chi connectivity index (χ1n) is 6.19. The number of benzene rings is 1. The van der Waals surface area contributed by atoms with Gasteiger partial charge in [-0.15, -0.1) is 0 Å². The highest BCUT2D eigenvalue weighted by Gasteiger charge is 2.21. The molecule has 1 aromatic carbocycles. The summed E-state index contributed by atoms with van der Waals surface area (Å²) in [6.07, 6.45) is 1.84. The van der Waals surface area contributed by atoms with Gasteiger partial charge in [0.25, 0.3) is 0 Å². The Kier molecular flexibility index (Phi) is 5.89. The molecule has 1 atom stereocenters. The minimum absolute atomic E-state index is 0.113. The van der Waals surface area contributed by atoms with Crippen molar-refractivity contribution in [2.45, 2.75) is 32.2 Å². The van der Waals surface area contributed by atoms with Crippen molar-refractivity contribution in [3.05, 3.63) is 30.3 Å². The first-order chi connectivity index (χ1) is 8.70. The molecule has 0 aromatic heterocycles. The highest BCUT2D eigenvalue weighted by Crippen LogP contribution is 2.15. The lowest BCUT2D eigenvalue weighted by atomic mass is 10.1. The van der Waals surface area contributed by atoms with Gasteiger partial charge in [0.1, 0.15) is 0 Å². The summed E-state index contributed by atoms with van der Waals surface area (Å²) in [5.41, 5.74) is 6.66. The van der Waals surface area contributed by atoms with E-state index in [1.807, 2.05) is 37.3 Å². The highest BCUT2D eigenvalue weighted by atomic mass is 16.2. The molecule has 0 unspecified atom stereocenters. The number of amides is 1. The number of hydrogen-bond acceptors (Lipinski definition) is 3. The predicted octanol–water partition coefficient (Wildman–Crippen LogP) is 2.06. The van der Waals surface area contributed by atoms with Crippen LogP contribution >= 0.6 is 0 Å². The summed E-state index contributed by atoms with van der Waals surface area (Å²) in [4.78, 5) is 13.8. The lowest BCUT2D eigenvalue weighted by molar-refractivity contribution is -0.120. The summed E-state index contributed by atoms with van der Waals surface area (Å²) < 4.78 is 0. The van der Waals surface area contributed by atoms with Gasteiger partial charge in [-0.05, 0) is 18.6 Å². The first kappa shape index (κ1) is 14.2. The number of anilines is 1. The lowest BCUT2D eigenvalue weighted by Crippen LogP contribution is -2.44. The van der Waals surface area contributed by atoms with Crippen molar-refractivity contribution in [3.8, 4) is 6.07 Å². The summed E-state index contributed by atoms with van der Waals surface area (Å²) in [5, 5.41) is 8.67. The number of carbonyl (C=O) groups excluding carboxylic acids is 1. The third-order valence-electron chi connectivity index (χ3n) is 2.70. The monoisotopic (exact) mass is 245 g/mol. The molecule has 1 aromatic rings. The van der Waals surface area contributed by atoms with Crippen LogP contribution < -0.4 is 10.6 Å². The number of rotatable bonds is 6. The molecule has 1 amide bonds. The standard InChI is InChI=1S/C14H19N3O/c1-2-7-13(16)14(18)17(11-6-10-15)12-8-4-3-5-9-12/h3-5,8-9,13H,2,6-7,11,16H2,1H3/t13-/m1/s1. The van der Waals surface area contributed by atoms with Crippen LogP contribution in [0.15, 0.2) is 30.3 Å². The van der Waals surface area contributed by atoms with Crippen molar-refractivity contribution < 1.29 is 4.79 Å². The van der Waals surface area contributed by atoms with Crippen LogP contribution in [0.4, 0.5) is 5.69 Å². The molecule has 96 valence electrons. The Morgan fingerprint density at radius 2 is 2.11 bits per heavy atom. The van der Waals surface area contributed by atoms with Gasteiger partial charge in [-0.25, -0.2) is 0 Å². The van der Waals surface area contributed by atoms with Crippen molar-refractivity contribution in [1.29, 1.82) is 5.26 Å². The molecule has 1 rings (SSSR count). The van der Waals surface area contributed by atoms with Crippen LogP contribution in [0.3, 0.4) is 0 Å². The quantitative estimate of drug-likeness (QED) is 0.834. The second kappa shape index (κ2) is 7.46. The van der Waals surface area contributed by atoms with E-state index in [9.17, 15) is 4.79 Å². The molecule has 4 nitrogen and oxygen atoms in total. The van der Waals surface area contributed by atoms with Gasteiger partial charge in [-0.1, -0.05) is 31.5 Å².